The molecule has 3 nitrogen and oxygen atoms in total. The van der Waals surface area contributed by atoms with Gasteiger partial charge in [-0.2, -0.15) is 0 Å². The third-order valence-corrected chi connectivity index (χ3v) is 3.19. The van der Waals surface area contributed by atoms with Crippen LogP contribution in [0.4, 0.5) is 0 Å². The number of hydrogen-bond donors (Lipinski definition) is 2. The lowest BCUT2D eigenvalue weighted by atomic mass is 9.98. The third kappa shape index (κ3) is 1.96. The zero-order valence-electron chi connectivity index (χ0n) is 9.07. The van der Waals surface area contributed by atoms with E-state index in [1.807, 2.05) is 24.4 Å². The minimum Gasteiger partial charge on any atom is -0.348 e. The van der Waals surface area contributed by atoms with Gasteiger partial charge in [-0.25, -0.2) is 4.98 Å². The van der Waals surface area contributed by atoms with Gasteiger partial charge in [-0.05, 0) is 11.1 Å². The summed E-state index contributed by atoms with van der Waals surface area (Å²) in [5.41, 5.74) is 7.66. The highest BCUT2D eigenvalue weighted by Crippen LogP contribution is 2.30. The Bertz CT molecular complexity index is 465. The van der Waals surface area contributed by atoms with E-state index in [2.05, 4.69) is 16.9 Å². The van der Waals surface area contributed by atoms with Gasteiger partial charge in [0.15, 0.2) is 0 Å². The van der Waals surface area contributed by atoms with Gasteiger partial charge in [-0.3, -0.25) is 0 Å². The summed E-state index contributed by atoms with van der Waals surface area (Å²) in [5, 5.41) is 0.744. The second-order valence-electron chi connectivity index (χ2n) is 3.72. The summed E-state index contributed by atoms with van der Waals surface area (Å²) in [6, 6.07) is 5.93. The number of nitrogens with one attached hydrogen (secondary N) is 1. The molecule has 0 amide bonds. The fourth-order valence-electron chi connectivity index (χ4n) is 1.75. The molecule has 4 heteroatoms. The predicted molar refractivity (Wildman–Crippen MR) is 65.4 cm³/mol. The molecule has 1 heterocycles. The molecule has 2 rings (SSSR count). The lowest BCUT2D eigenvalue weighted by Gasteiger charge is -2.13. The second-order valence-corrected chi connectivity index (χ2v) is 4.10. The van der Waals surface area contributed by atoms with Crippen molar-refractivity contribution in [2.45, 2.75) is 19.4 Å². The van der Waals surface area contributed by atoms with Gasteiger partial charge in [0.25, 0.3) is 0 Å². The molecule has 0 fully saturated rings. The number of hydrogen-bond acceptors (Lipinski definition) is 2. The van der Waals surface area contributed by atoms with Crippen molar-refractivity contribution >= 4 is 11.6 Å². The summed E-state index contributed by atoms with van der Waals surface area (Å²) < 4.78 is 0. The normalized spacial score (nSPS) is 12.7. The Balaban J connectivity index is 2.41. The fourth-order valence-corrected chi connectivity index (χ4v) is 2.12. The summed E-state index contributed by atoms with van der Waals surface area (Å²) in [5.74, 6) is 1.06. The summed E-state index contributed by atoms with van der Waals surface area (Å²) in [6.07, 6.45) is 3.55. The van der Waals surface area contributed by atoms with Crippen LogP contribution in [0.2, 0.25) is 5.02 Å². The second kappa shape index (κ2) is 4.68. The first kappa shape index (κ1) is 11.2. The van der Waals surface area contributed by atoms with Gasteiger partial charge in [-0.1, -0.05) is 36.7 Å². The van der Waals surface area contributed by atoms with Crippen LogP contribution >= 0.6 is 11.6 Å². The molecule has 1 aromatic carbocycles. The molecule has 0 bridgehead atoms. The van der Waals surface area contributed by atoms with Crippen LogP contribution in [0.3, 0.4) is 0 Å². The summed E-state index contributed by atoms with van der Waals surface area (Å²) in [6.45, 7) is 2.53. The van der Waals surface area contributed by atoms with Crippen LogP contribution in [-0.4, -0.2) is 9.97 Å². The van der Waals surface area contributed by atoms with Crippen molar-refractivity contribution in [2.75, 3.05) is 0 Å². The van der Waals surface area contributed by atoms with Crippen LogP contribution in [0.15, 0.2) is 30.6 Å². The highest BCUT2D eigenvalue weighted by Gasteiger charge is 2.15. The van der Waals surface area contributed by atoms with Crippen LogP contribution < -0.4 is 5.73 Å². The molecule has 84 valence electrons. The van der Waals surface area contributed by atoms with Crippen molar-refractivity contribution in [3.63, 3.8) is 0 Å². The smallest absolute Gasteiger partial charge is 0.113 e. The number of aromatic amines is 1. The highest BCUT2D eigenvalue weighted by molar-refractivity contribution is 6.32. The van der Waals surface area contributed by atoms with Crippen LogP contribution in [0, 0.1) is 0 Å². The highest BCUT2D eigenvalue weighted by atomic mass is 35.5. The molecule has 3 N–H and O–H groups in total. The summed E-state index contributed by atoms with van der Waals surface area (Å²) in [7, 11) is 0. The monoisotopic (exact) mass is 235 g/mol. The van der Waals surface area contributed by atoms with Crippen molar-refractivity contribution in [1.29, 1.82) is 0 Å². The minimum atomic E-state index is 0.147. The molecule has 0 spiro atoms. The Hall–Kier alpha value is -1.32. The van der Waals surface area contributed by atoms with E-state index >= 15 is 0 Å². The topological polar surface area (TPSA) is 54.7 Å². The number of nitrogens with two attached hydrogens (primary N) is 1. The maximum atomic E-state index is 6.30. The lowest BCUT2D eigenvalue weighted by molar-refractivity contribution is 0.836. The van der Waals surface area contributed by atoms with E-state index in [1.165, 1.54) is 0 Å². The van der Waals surface area contributed by atoms with Crippen LogP contribution in [0.1, 0.15) is 29.8 Å². The molecule has 0 radical (unpaired) electrons. The Labute approximate surface area is 99.7 Å². The van der Waals surface area contributed by atoms with Crippen molar-refractivity contribution in [3.8, 4) is 0 Å². The molecule has 16 heavy (non-hydrogen) atoms. The van der Waals surface area contributed by atoms with Gasteiger partial charge >= 0.3 is 0 Å². The Morgan fingerprint density at radius 1 is 1.50 bits per heavy atom. The van der Waals surface area contributed by atoms with Crippen LogP contribution in [0.25, 0.3) is 0 Å². The van der Waals surface area contributed by atoms with Crippen LogP contribution in [-0.2, 0) is 6.54 Å². The number of rotatable bonds is 3. The maximum Gasteiger partial charge on any atom is 0.113 e. The van der Waals surface area contributed by atoms with E-state index in [9.17, 15) is 0 Å². The first-order chi connectivity index (χ1) is 7.74. The Kier molecular flexibility index (Phi) is 3.27. The van der Waals surface area contributed by atoms with Crippen molar-refractivity contribution in [2.24, 2.45) is 5.73 Å². The molecule has 1 aromatic heterocycles. The quantitative estimate of drug-likeness (QED) is 0.860. The molecule has 1 atom stereocenters. The van der Waals surface area contributed by atoms with Gasteiger partial charge in [0, 0.05) is 29.9 Å². The first-order valence-electron chi connectivity index (χ1n) is 5.20. The van der Waals surface area contributed by atoms with E-state index in [-0.39, 0.29) is 5.92 Å². The van der Waals surface area contributed by atoms with Gasteiger partial charge in [0.2, 0.25) is 0 Å². The molecular weight excluding hydrogens is 222 g/mol. The molecule has 0 saturated heterocycles. The zero-order chi connectivity index (χ0) is 11.5. The van der Waals surface area contributed by atoms with E-state index < -0.39 is 0 Å². The SMILES string of the molecule is CC(c1ncc[nH]1)c1cccc(CN)c1Cl. The summed E-state index contributed by atoms with van der Waals surface area (Å²) in [4.78, 5) is 7.34. The van der Waals surface area contributed by atoms with Crippen LogP contribution in [0.5, 0.6) is 0 Å². The van der Waals surface area contributed by atoms with E-state index in [1.54, 1.807) is 6.20 Å². The predicted octanol–water partition coefficient (Wildman–Crippen LogP) is 2.67. The van der Waals surface area contributed by atoms with Crippen molar-refractivity contribution in [3.05, 3.63) is 52.6 Å². The number of nitrogens with zero attached hydrogens (tertiary/aromatic N) is 1. The minimum absolute atomic E-state index is 0.147. The molecule has 1 unspecified atom stereocenters. The van der Waals surface area contributed by atoms with Crippen molar-refractivity contribution in [1.82, 2.24) is 9.97 Å². The van der Waals surface area contributed by atoms with E-state index in [0.29, 0.717) is 6.54 Å². The number of halogens is 1. The molecule has 2 aromatic rings. The van der Waals surface area contributed by atoms with E-state index in [0.717, 1.165) is 22.0 Å². The molecule has 0 saturated carbocycles. The third-order valence-electron chi connectivity index (χ3n) is 2.72. The molecular formula is C12H14ClN3. The Morgan fingerprint density at radius 2 is 2.31 bits per heavy atom. The molecule has 0 aliphatic rings. The van der Waals surface area contributed by atoms with Gasteiger partial charge in [-0.15, -0.1) is 0 Å². The lowest BCUT2D eigenvalue weighted by Crippen LogP contribution is -2.03. The number of imidazole rings is 1. The Morgan fingerprint density at radius 3 is 2.94 bits per heavy atom. The van der Waals surface area contributed by atoms with Gasteiger partial charge in [0.05, 0.1) is 0 Å². The summed E-state index contributed by atoms with van der Waals surface area (Å²) >= 11 is 6.30. The van der Waals surface area contributed by atoms with Gasteiger partial charge in [0.1, 0.15) is 5.82 Å². The van der Waals surface area contributed by atoms with Crippen molar-refractivity contribution < 1.29 is 0 Å². The molecule has 0 aliphatic carbocycles. The average Bonchev–Trinajstić information content (AvgIpc) is 2.82. The number of H-pyrrole nitrogens is 1. The van der Waals surface area contributed by atoms with Gasteiger partial charge < -0.3 is 10.7 Å². The van der Waals surface area contributed by atoms with E-state index in [4.69, 9.17) is 17.3 Å². The number of aromatic nitrogens is 2. The number of benzene rings is 1. The first-order valence-corrected chi connectivity index (χ1v) is 5.58. The standard InChI is InChI=1S/C12H14ClN3/c1-8(12-15-5-6-16-12)10-4-2-3-9(7-14)11(10)13/h2-6,8H,7,14H2,1H3,(H,15,16). The molecule has 0 aliphatic heterocycles. The average molecular weight is 236 g/mol. The zero-order valence-corrected chi connectivity index (χ0v) is 9.83. The fraction of sp³-hybridized carbons (Fsp3) is 0.250. The maximum absolute atomic E-state index is 6.30. The largest absolute Gasteiger partial charge is 0.348 e.